The molecule has 0 aliphatic carbocycles. The molecule has 2 aliphatic heterocycles. The van der Waals surface area contributed by atoms with Gasteiger partial charge >= 0.3 is 0 Å². The van der Waals surface area contributed by atoms with E-state index in [0.717, 1.165) is 28.4 Å². The van der Waals surface area contributed by atoms with Crippen molar-refractivity contribution >= 4 is 23.2 Å². The molecule has 2 saturated heterocycles. The zero-order chi connectivity index (χ0) is 16.7. The fraction of sp³-hybridized carbons (Fsp3) is 0.500. The van der Waals surface area contributed by atoms with Gasteiger partial charge in [-0.25, -0.2) is 4.68 Å². The first-order valence-electron chi connectivity index (χ1n) is 8.14. The standard InChI is InChI=1S/C16H19N5O2S/c1-11-4-5-14(24-11)16(23)20-9-13(10-20)21-8-12(17-18-21)7-19-6-2-3-15(19)22/h4-5,8,13H,2-3,6-7,9-10H2,1H3. The molecule has 0 unspecified atom stereocenters. The van der Waals surface area contributed by atoms with Crippen LogP contribution in [0.5, 0.6) is 0 Å². The zero-order valence-electron chi connectivity index (χ0n) is 13.5. The summed E-state index contributed by atoms with van der Waals surface area (Å²) in [6, 6.07) is 4.03. The van der Waals surface area contributed by atoms with Gasteiger partial charge < -0.3 is 9.80 Å². The van der Waals surface area contributed by atoms with Crippen LogP contribution in [0.1, 0.15) is 39.1 Å². The number of nitrogens with zero attached hydrogens (tertiary/aromatic N) is 5. The summed E-state index contributed by atoms with van der Waals surface area (Å²) in [5, 5.41) is 8.34. The third kappa shape index (κ3) is 2.82. The molecule has 0 radical (unpaired) electrons. The van der Waals surface area contributed by atoms with E-state index in [4.69, 9.17) is 0 Å². The molecular weight excluding hydrogens is 326 g/mol. The summed E-state index contributed by atoms with van der Waals surface area (Å²) < 4.78 is 1.82. The van der Waals surface area contributed by atoms with Crippen molar-refractivity contribution in [1.29, 1.82) is 0 Å². The van der Waals surface area contributed by atoms with Gasteiger partial charge in [0, 0.05) is 30.9 Å². The zero-order valence-corrected chi connectivity index (χ0v) is 14.3. The van der Waals surface area contributed by atoms with Crippen LogP contribution in [0.3, 0.4) is 0 Å². The fourth-order valence-corrected chi connectivity index (χ4v) is 3.96. The molecule has 2 aromatic heterocycles. The maximum Gasteiger partial charge on any atom is 0.264 e. The van der Waals surface area contributed by atoms with Crippen molar-refractivity contribution in [2.75, 3.05) is 19.6 Å². The number of hydrogen-bond acceptors (Lipinski definition) is 5. The van der Waals surface area contributed by atoms with E-state index in [9.17, 15) is 9.59 Å². The van der Waals surface area contributed by atoms with Crippen LogP contribution in [-0.4, -0.2) is 56.2 Å². The van der Waals surface area contributed by atoms with Crippen LogP contribution in [0, 0.1) is 6.92 Å². The van der Waals surface area contributed by atoms with Gasteiger partial charge in [0.05, 0.1) is 23.7 Å². The highest BCUT2D eigenvalue weighted by atomic mass is 32.1. The molecule has 7 nitrogen and oxygen atoms in total. The Labute approximate surface area is 143 Å². The lowest BCUT2D eigenvalue weighted by Gasteiger charge is -2.38. The normalized spacial score (nSPS) is 18.3. The number of aromatic nitrogens is 3. The first kappa shape index (κ1) is 15.3. The summed E-state index contributed by atoms with van der Waals surface area (Å²) in [5.74, 6) is 0.281. The molecule has 2 fully saturated rings. The van der Waals surface area contributed by atoms with Crippen molar-refractivity contribution in [1.82, 2.24) is 24.8 Å². The predicted molar refractivity (Wildman–Crippen MR) is 88.7 cm³/mol. The van der Waals surface area contributed by atoms with Crippen molar-refractivity contribution in [2.24, 2.45) is 0 Å². The summed E-state index contributed by atoms with van der Waals surface area (Å²) in [5.41, 5.74) is 0.809. The van der Waals surface area contributed by atoms with Crippen molar-refractivity contribution < 1.29 is 9.59 Å². The van der Waals surface area contributed by atoms with Crippen LogP contribution in [0.25, 0.3) is 0 Å². The third-order valence-corrected chi connectivity index (χ3v) is 5.55. The van der Waals surface area contributed by atoms with E-state index in [1.54, 1.807) is 0 Å². The Balaban J connectivity index is 1.34. The van der Waals surface area contributed by atoms with E-state index >= 15 is 0 Å². The highest BCUT2D eigenvalue weighted by molar-refractivity contribution is 7.13. The van der Waals surface area contributed by atoms with Gasteiger partial charge in [0.25, 0.3) is 5.91 Å². The van der Waals surface area contributed by atoms with Crippen molar-refractivity contribution in [3.8, 4) is 0 Å². The van der Waals surface area contributed by atoms with Crippen molar-refractivity contribution in [3.63, 3.8) is 0 Å². The molecule has 0 atom stereocenters. The molecule has 0 saturated carbocycles. The summed E-state index contributed by atoms with van der Waals surface area (Å²) in [6.07, 6.45) is 3.46. The average Bonchev–Trinajstić information content (AvgIpc) is 3.22. The van der Waals surface area contributed by atoms with Gasteiger partial charge in [-0.05, 0) is 25.5 Å². The van der Waals surface area contributed by atoms with Crippen molar-refractivity contribution in [2.45, 2.75) is 32.4 Å². The molecule has 0 bridgehead atoms. The van der Waals surface area contributed by atoms with Gasteiger partial charge in [-0.1, -0.05) is 5.21 Å². The predicted octanol–water partition coefficient (Wildman–Crippen LogP) is 1.47. The van der Waals surface area contributed by atoms with Crippen LogP contribution in [-0.2, 0) is 11.3 Å². The van der Waals surface area contributed by atoms with E-state index in [1.807, 2.05) is 39.7 Å². The Hall–Kier alpha value is -2.22. The van der Waals surface area contributed by atoms with Gasteiger partial charge in [-0.3, -0.25) is 9.59 Å². The third-order valence-electron chi connectivity index (χ3n) is 4.56. The van der Waals surface area contributed by atoms with E-state index in [0.29, 0.717) is 26.1 Å². The lowest BCUT2D eigenvalue weighted by Crippen LogP contribution is -2.50. The number of rotatable bonds is 4. The van der Waals surface area contributed by atoms with Gasteiger partial charge in [0.15, 0.2) is 0 Å². The van der Waals surface area contributed by atoms with E-state index < -0.39 is 0 Å². The summed E-state index contributed by atoms with van der Waals surface area (Å²) in [6.45, 7) is 4.64. The summed E-state index contributed by atoms with van der Waals surface area (Å²) >= 11 is 1.53. The second-order valence-electron chi connectivity index (χ2n) is 6.38. The second-order valence-corrected chi connectivity index (χ2v) is 7.67. The van der Waals surface area contributed by atoms with E-state index in [1.165, 1.54) is 11.3 Å². The van der Waals surface area contributed by atoms with Gasteiger partial charge in [-0.2, -0.15) is 0 Å². The van der Waals surface area contributed by atoms with E-state index in [-0.39, 0.29) is 17.9 Å². The van der Waals surface area contributed by atoms with Crippen LogP contribution in [0.2, 0.25) is 0 Å². The molecule has 0 aromatic carbocycles. The molecule has 4 heterocycles. The Kier molecular flexibility index (Phi) is 3.84. The van der Waals surface area contributed by atoms with Gasteiger partial charge in [0.2, 0.25) is 5.91 Å². The Bertz CT molecular complexity index is 777. The Morgan fingerprint density at radius 1 is 1.38 bits per heavy atom. The minimum Gasteiger partial charge on any atom is -0.337 e. The molecule has 2 aliphatic rings. The number of aryl methyl sites for hydroxylation is 1. The maximum atomic E-state index is 12.3. The fourth-order valence-electron chi connectivity index (χ4n) is 3.12. The molecule has 8 heteroatoms. The van der Waals surface area contributed by atoms with E-state index in [2.05, 4.69) is 10.3 Å². The largest absolute Gasteiger partial charge is 0.337 e. The number of likely N-dealkylation sites (tertiary alicyclic amines) is 2. The van der Waals surface area contributed by atoms with Crippen LogP contribution >= 0.6 is 11.3 Å². The highest BCUT2D eigenvalue weighted by Crippen LogP contribution is 2.25. The number of hydrogen-bond donors (Lipinski definition) is 0. The minimum atomic E-state index is 0.0901. The van der Waals surface area contributed by atoms with Crippen LogP contribution in [0.4, 0.5) is 0 Å². The summed E-state index contributed by atoms with van der Waals surface area (Å²) in [7, 11) is 0. The smallest absolute Gasteiger partial charge is 0.264 e. The Morgan fingerprint density at radius 2 is 2.21 bits per heavy atom. The van der Waals surface area contributed by atoms with Crippen LogP contribution in [0.15, 0.2) is 18.3 Å². The molecule has 2 aromatic rings. The average molecular weight is 345 g/mol. The number of carbonyl (C=O) groups is 2. The number of amides is 2. The highest BCUT2D eigenvalue weighted by Gasteiger charge is 2.34. The molecule has 24 heavy (non-hydrogen) atoms. The first-order chi connectivity index (χ1) is 11.6. The van der Waals surface area contributed by atoms with Crippen LogP contribution < -0.4 is 0 Å². The number of thiophene rings is 1. The number of carbonyl (C=O) groups excluding carboxylic acids is 2. The lowest BCUT2D eigenvalue weighted by molar-refractivity contribution is -0.128. The summed E-state index contributed by atoms with van der Waals surface area (Å²) in [4.78, 5) is 29.6. The topological polar surface area (TPSA) is 71.3 Å². The molecular formula is C16H19N5O2S. The van der Waals surface area contributed by atoms with Crippen molar-refractivity contribution in [3.05, 3.63) is 33.8 Å². The molecule has 4 rings (SSSR count). The molecule has 0 N–H and O–H groups in total. The second kappa shape index (κ2) is 6.01. The van der Waals surface area contributed by atoms with Gasteiger partial charge in [0.1, 0.15) is 5.69 Å². The minimum absolute atomic E-state index is 0.0901. The molecule has 2 amide bonds. The first-order valence-corrected chi connectivity index (χ1v) is 8.96. The SMILES string of the molecule is Cc1ccc(C(=O)N2CC(n3cc(CN4CCCC4=O)nn3)C2)s1. The quantitative estimate of drug-likeness (QED) is 0.841. The molecule has 0 spiro atoms. The maximum absolute atomic E-state index is 12.3. The Morgan fingerprint density at radius 3 is 2.88 bits per heavy atom. The molecule has 126 valence electrons. The van der Waals surface area contributed by atoms with Gasteiger partial charge in [-0.15, -0.1) is 16.4 Å². The monoisotopic (exact) mass is 345 g/mol. The lowest BCUT2D eigenvalue weighted by atomic mass is 10.1.